The van der Waals surface area contributed by atoms with E-state index >= 15 is 8.78 Å². The van der Waals surface area contributed by atoms with E-state index in [1.807, 2.05) is 0 Å². The molecule has 14 heteroatoms. The van der Waals surface area contributed by atoms with Crippen molar-refractivity contribution in [1.29, 1.82) is 0 Å². The zero-order valence-corrected chi connectivity index (χ0v) is 28.0. The molecule has 0 saturated carbocycles. The summed E-state index contributed by atoms with van der Waals surface area (Å²) in [5.41, 5.74) is -0.657. The monoisotopic (exact) mass is 710 g/mol. The van der Waals surface area contributed by atoms with Crippen LogP contribution in [0.3, 0.4) is 0 Å². The van der Waals surface area contributed by atoms with E-state index in [1.165, 1.54) is 48.8 Å². The van der Waals surface area contributed by atoms with Gasteiger partial charge in [-0.15, -0.1) is 11.3 Å². The normalized spacial score (nSPS) is 15.3. The minimum atomic E-state index is -4.03. The van der Waals surface area contributed by atoms with Crippen molar-refractivity contribution in [2.45, 2.75) is 12.0 Å². The number of thiophene rings is 1. The van der Waals surface area contributed by atoms with E-state index in [0.29, 0.717) is 55.4 Å². The first-order valence-electron chi connectivity index (χ1n) is 15.4. The van der Waals surface area contributed by atoms with Crippen LogP contribution in [0.2, 0.25) is 5.02 Å². The molecule has 7 rings (SSSR count). The van der Waals surface area contributed by atoms with E-state index in [-0.39, 0.29) is 22.0 Å². The number of alkyl halides is 2. The van der Waals surface area contributed by atoms with Crippen LogP contribution in [0.1, 0.15) is 5.56 Å². The molecule has 1 saturated heterocycles. The number of carboxylic acid groups (broad SMARTS) is 1. The molecule has 0 amide bonds. The number of hydrogen-bond acceptors (Lipinski definition) is 9. The second-order valence-electron chi connectivity index (χ2n) is 11.8. The predicted molar refractivity (Wildman–Crippen MR) is 183 cm³/mol. The summed E-state index contributed by atoms with van der Waals surface area (Å²) in [5.74, 6) is -6.56. The highest BCUT2D eigenvalue weighted by atomic mass is 35.5. The Morgan fingerprint density at radius 3 is 2.51 bits per heavy atom. The molecule has 9 nitrogen and oxygen atoms in total. The Morgan fingerprint density at radius 1 is 1.00 bits per heavy atom. The minimum Gasteiger partial charge on any atom is -0.496 e. The van der Waals surface area contributed by atoms with E-state index in [0.717, 1.165) is 38.6 Å². The number of hydrogen-bond donors (Lipinski definition) is 1. The van der Waals surface area contributed by atoms with E-state index in [1.54, 1.807) is 18.2 Å². The van der Waals surface area contributed by atoms with Gasteiger partial charge in [-0.1, -0.05) is 29.8 Å². The highest BCUT2D eigenvalue weighted by Crippen LogP contribution is 2.49. The lowest BCUT2D eigenvalue weighted by molar-refractivity contribution is -0.168. The predicted octanol–water partition coefficient (Wildman–Crippen LogP) is 7.20. The van der Waals surface area contributed by atoms with E-state index < -0.39 is 29.4 Å². The van der Waals surface area contributed by atoms with Crippen LogP contribution in [0.25, 0.3) is 41.8 Å². The Balaban J connectivity index is 1.36. The third-order valence-corrected chi connectivity index (χ3v) is 10.3. The second kappa shape index (κ2) is 13.1. The topological polar surface area (TPSA) is 97.3 Å². The largest absolute Gasteiger partial charge is 0.496 e. The lowest BCUT2D eigenvalue weighted by Crippen LogP contribution is -2.45. The zero-order valence-electron chi connectivity index (χ0n) is 26.4. The van der Waals surface area contributed by atoms with Crippen molar-refractivity contribution in [1.82, 2.24) is 19.8 Å². The molecule has 3 heterocycles. The molecule has 0 radical (unpaired) electrons. The van der Waals surface area contributed by atoms with Crippen molar-refractivity contribution in [3.63, 3.8) is 0 Å². The van der Waals surface area contributed by atoms with Crippen molar-refractivity contribution >= 4 is 70.8 Å². The fraction of sp³-hybridized carbons (Fsp3) is 0.286. The Kier molecular flexibility index (Phi) is 8.86. The Morgan fingerprint density at radius 2 is 1.76 bits per heavy atom. The van der Waals surface area contributed by atoms with Crippen molar-refractivity contribution in [3.05, 3.63) is 77.3 Å². The average Bonchev–Trinajstić information content (AvgIpc) is 3.49. The average molecular weight is 711 g/mol. The SMILES string of the molecule is COc1ccccc1C(F)(F)C(Oc1ncnc2sc3c4ccc(F)cc4c4c(Cl)c(OCCN5CCN(C)CC5)ccc4c3c12)C(=O)O. The molecule has 2 aromatic heterocycles. The van der Waals surface area contributed by atoms with Gasteiger partial charge in [-0.2, -0.15) is 8.78 Å². The van der Waals surface area contributed by atoms with Gasteiger partial charge in [0.25, 0.3) is 6.10 Å². The van der Waals surface area contributed by atoms with Crippen LogP contribution in [-0.4, -0.2) is 90.4 Å². The van der Waals surface area contributed by atoms with Crippen LogP contribution in [0, 0.1) is 5.82 Å². The maximum absolute atomic E-state index is 16.0. The van der Waals surface area contributed by atoms with Crippen LogP contribution in [0.4, 0.5) is 13.2 Å². The van der Waals surface area contributed by atoms with Gasteiger partial charge >= 0.3 is 11.9 Å². The molecular weight excluding hydrogens is 681 g/mol. The quantitative estimate of drug-likeness (QED) is 0.148. The van der Waals surface area contributed by atoms with Crippen LogP contribution >= 0.6 is 22.9 Å². The van der Waals surface area contributed by atoms with Crippen LogP contribution in [0.15, 0.2) is 60.9 Å². The summed E-state index contributed by atoms with van der Waals surface area (Å²) in [6.07, 6.45) is -1.56. The highest BCUT2D eigenvalue weighted by molar-refractivity contribution is 7.26. The third kappa shape index (κ3) is 5.94. The lowest BCUT2D eigenvalue weighted by atomic mass is 9.97. The molecule has 0 aliphatic carbocycles. The van der Waals surface area contributed by atoms with Gasteiger partial charge in [0.15, 0.2) is 0 Å². The molecule has 1 unspecified atom stereocenters. The third-order valence-electron chi connectivity index (χ3n) is 8.84. The van der Waals surface area contributed by atoms with Gasteiger partial charge in [-0.25, -0.2) is 19.2 Å². The summed E-state index contributed by atoms with van der Waals surface area (Å²) < 4.78 is 64.3. The maximum Gasteiger partial charge on any atom is 0.351 e. The van der Waals surface area contributed by atoms with Crippen molar-refractivity contribution in [3.8, 4) is 17.4 Å². The first kappa shape index (κ1) is 33.1. The Hall–Kier alpha value is -4.43. The second-order valence-corrected chi connectivity index (χ2v) is 13.2. The van der Waals surface area contributed by atoms with Gasteiger partial charge in [-0.05, 0) is 54.2 Å². The van der Waals surface area contributed by atoms with Gasteiger partial charge < -0.3 is 24.2 Å². The molecule has 254 valence electrons. The number of methoxy groups -OCH3 is 1. The summed E-state index contributed by atoms with van der Waals surface area (Å²) in [7, 11) is 3.31. The van der Waals surface area contributed by atoms with Crippen molar-refractivity contribution < 1.29 is 37.3 Å². The molecule has 1 N–H and O–H groups in total. The van der Waals surface area contributed by atoms with Gasteiger partial charge in [0.2, 0.25) is 5.88 Å². The molecule has 1 atom stereocenters. The number of aliphatic carboxylic acids is 1. The van der Waals surface area contributed by atoms with E-state index in [4.69, 9.17) is 25.8 Å². The number of para-hydroxylation sites is 1. The molecule has 1 aliphatic rings. The van der Waals surface area contributed by atoms with Crippen LogP contribution < -0.4 is 14.2 Å². The first-order chi connectivity index (χ1) is 23.6. The summed E-state index contributed by atoms with van der Waals surface area (Å²) in [5, 5.41) is 13.2. The number of halogens is 4. The molecule has 1 fully saturated rings. The number of fused-ring (bicyclic) bond motifs is 8. The molecule has 4 aromatic carbocycles. The Labute approximate surface area is 287 Å². The molecule has 6 aromatic rings. The first-order valence-corrected chi connectivity index (χ1v) is 16.6. The zero-order chi connectivity index (χ0) is 34.4. The summed E-state index contributed by atoms with van der Waals surface area (Å²) in [6.45, 7) is 4.89. The fourth-order valence-corrected chi connectivity index (χ4v) is 7.82. The van der Waals surface area contributed by atoms with E-state index in [2.05, 4.69) is 26.8 Å². The number of ether oxygens (including phenoxy) is 3. The van der Waals surface area contributed by atoms with Gasteiger partial charge in [0.05, 0.1) is 23.1 Å². The van der Waals surface area contributed by atoms with Gasteiger partial charge in [-0.3, -0.25) is 4.90 Å². The van der Waals surface area contributed by atoms with Crippen LogP contribution in [0.5, 0.6) is 17.4 Å². The van der Waals surface area contributed by atoms with E-state index in [9.17, 15) is 14.3 Å². The number of carboxylic acids is 1. The molecule has 0 bridgehead atoms. The van der Waals surface area contributed by atoms with Crippen LogP contribution in [-0.2, 0) is 10.7 Å². The number of rotatable bonds is 10. The number of nitrogens with zero attached hydrogens (tertiary/aromatic N) is 4. The number of carbonyl (C=O) groups is 1. The maximum atomic E-state index is 16.0. The minimum absolute atomic E-state index is 0.197. The summed E-state index contributed by atoms with van der Waals surface area (Å²) in [4.78, 5) is 25.9. The molecule has 1 aliphatic heterocycles. The number of aromatic nitrogens is 2. The summed E-state index contributed by atoms with van der Waals surface area (Å²) in [6, 6.07) is 13.0. The number of likely N-dealkylation sites (N-methyl/N-ethyl adjacent to an activating group) is 1. The van der Waals surface area contributed by atoms with Crippen molar-refractivity contribution in [2.75, 3.05) is 53.5 Å². The van der Waals surface area contributed by atoms with Crippen molar-refractivity contribution in [2.24, 2.45) is 0 Å². The van der Waals surface area contributed by atoms with Gasteiger partial charge in [0, 0.05) is 53.6 Å². The molecule has 49 heavy (non-hydrogen) atoms. The van der Waals surface area contributed by atoms with Gasteiger partial charge in [0.1, 0.15) is 35.1 Å². The number of piperazine rings is 1. The highest BCUT2D eigenvalue weighted by Gasteiger charge is 2.50. The Bertz CT molecular complexity index is 2230. The number of benzene rings is 4. The molecule has 0 spiro atoms. The lowest BCUT2D eigenvalue weighted by Gasteiger charge is -2.32. The smallest absolute Gasteiger partial charge is 0.351 e. The summed E-state index contributed by atoms with van der Waals surface area (Å²) >= 11 is 8.26. The standard InChI is InChI=1S/C35H30ClF3N4O5S/c1-42-11-13-43(14-12-42)15-16-47-25-10-9-21-26(29(25)36)22-17-19(37)7-8-20(22)30-27(21)28-32(40-18-41-33(28)49-30)48-31(34(44)45)35(38,39)23-5-3-4-6-24(23)46-2/h3-10,17-18,31H,11-16H2,1-2H3,(H,44,45). The fourth-order valence-electron chi connectivity index (χ4n) is 6.31. The molecular formula is C35H30ClF3N4O5S.